The molecule has 0 aliphatic heterocycles. The van der Waals surface area contributed by atoms with Crippen molar-refractivity contribution in [2.45, 2.75) is 6.18 Å². The largest absolute Gasteiger partial charge is 0.707 e. The van der Waals surface area contributed by atoms with E-state index in [9.17, 15) is 18.0 Å². The number of benzene rings is 2. The molecule has 6 nitrogen and oxygen atoms in total. The van der Waals surface area contributed by atoms with Crippen LogP contribution in [0.4, 0.5) is 29.3 Å². The smallest absolute Gasteiger partial charge is 0.512 e. The van der Waals surface area contributed by atoms with E-state index in [1.165, 1.54) is 36.4 Å². The maximum atomic E-state index is 12.6. The summed E-state index contributed by atoms with van der Waals surface area (Å²) in [5.41, 5.74) is -0.547. The minimum atomic E-state index is -4.50. The number of alkyl halides is 3. The number of hydrogen-bond donors (Lipinski definition) is 4. The van der Waals surface area contributed by atoms with Crippen molar-refractivity contribution in [1.82, 2.24) is 0 Å². The molecule has 0 spiro atoms. The van der Waals surface area contributed by atoms with Crippen LogP contribution in [0, 0.1) is 0 Å². The third-order valence-corrected chi connectivity index (χ3v) is 2.80. The number of carbonyl (C=O) groups is 1. The molecule has 0 aliphatic carbocycles. The predicted octanol–water partition coefficient (Wildman–Crippen LogP) is 2.70. The van der Waals surface area contributed by atoms with Gasteiger partial charge in [-0.25, -0.2) is 4.79 Å². The number of anilines is 2. The molecule has 24 heavy (non-hydrogen) atoms. The molecule has 126 valence electrons. The van der Waals surface area contributed by atoms with Crippen molar-refractivity contribution in [2.75, 3.05) is 10.6 Å². The number of nitrogens with one attached hydrogen (secondary N) is 2. The molecule has 0 fully saturated rings. The van der Waals surface area contributed by atoms with Gasteiger partial charge in [0, 0.05) is 11.4 Å². The minimum Gasteiger partial charge on any atom is -0.512 e. The first-order valence-electron chi connectivity index (χ1n) is 6.62. The summed E-state index contributed by atoms with van der Waals surface area (Å²) in [6, 6.07) is 9.09. The molecular weight excluding hydrogens is 328 g/mol. The van der Waals surface area contributed by atoms with Gasteiger partial charge in [0.25, 0.3) is 0 Å². The molecule has 4 N–H and O–H groups in total. The number of urea groups is 1. The van der Waals surface area contributed by atoms with Gasteiger partial charge in [0.05, 0.1) is 5.56 Å². The third-order valence-electron chi connectivity index (χ3n) is 2.80. The summed E-state index contributed by atoms with van der Waals surface area (Å²) < 4.78 is 42.4. The number of rotatable bonds is 4. The Morgan fingerprint density at radius 2 is 1.62 bits per heavy atom. The van der Waals surface area contributed by atoms with Crippen LogP contribution in [-0.2, 0) is 6.18 Å². The zero-order chi connectivity index (χ0) is 17.7. The lowest BCUT2D eigenvalue weighted by Crippen LogP contribution is -2.21. The standard InChI is InChI=1S/C14H12BF3N2O4/c16-14(17,18)9-2-1-3-11(8-9)20-13(21)19-10-4-6-12(7-5-10)24-15(22)23/h1-8,22-23H,(H2,19,20,21). The first-order chi connectivity index (χ1) is 11.2. The fraction of sp³-hybridized carbons (Fsp3) is 0.0714. The summed E-state index contributed by atoms with van der Waals surface area (Å²) in [5.74, 6) is 0.161. The molecule has 0 bridgehead atoms. The van der Waals surface area contributed by atoms with E-state index in [4.69, 9.17) is 10.0 Å². The van der Waals surface area contributed by atoms with Crippen molar-refractivity contribution < 1.29 is 32.7 Å². The highest BCUT2D eigenvalue weighted by Crippen LogP contribution is 2.30. The summed E-state index contributed by atoms with van der Waals surface area (Å²) in [6.07, 6.45) is -4.50. The fourth-order valence-electron chi connectivity index (χ4n) is 1.81. The number of halogens is 3. The van der Waals surface area contributed by atoms with Crippen molar-refractivity contribution in [3.05, 3.63) is 54.1 Å². The topological polar surface area (TPSA) is 90.8 Å². The zero-order valence-electron chi connectivity index (χ0n) is 12.0. The SMILES string of the molecule is O=C(Nc1ccc(OB(O)O)cc1)Nc1cccc(C(F)(F)F)c1. The molecule has 2 aromatic carbocycles. The molecule has 2 rings (SSSR count). The van der Waals surface area contributed by atoms with Gasteiger partial charge in [-0.15, -0.1) is 0 Å². The molecule has 0 unspecified atom stereocenters. The second-order valence-electron chi connectivity index (χ2n) is 4.63. The molecular formula is C14H12BF3N2O4. The van der Waals surface area contributed by atoms with Crippen LogP contribution in [0.3, 0.4) is 0 Å². The van der Waals surface area contributed by atoms with Crippen LogP contribution < -0.4 is 15.3 Å². The lowest BCUT2D eigenvalue weighted by atomic mass is 10.2. The van der Waals surface area contributed by atoms with Gasteiger partial charge in [-0.2, -0.15) is 13.2 Å². The second kappa shape index (κ2) is 7.24. The Balaban J connectivity index is 1.98. The summed E-state index contributed by atoms with van der Waals surface area (Å²) >= 11 is 0. The van der Waals surface area contributed by atoms with Crippen LogP contribution in [0.15, 0.2) is 48.5 Å². The average Bonchev–Trinajstić information content (AvgIpc) is 2.48. The van der Waals surface area contributed by atoms with Crippen molar-refractivity contribution in [3.8, 4) is 5.75 Å². The number of hydrogen-bond acceptors (Lipinski definition) is 4. The number of amides is 2. The highest BCUT2D eigenvalue weighted by Gasteiger charge is 2.30. The maximum absolute atomic E-state index is 12.6. The van der Waals surface area contributed by atoms with E-state index in [0.29, 0.717) is 5.69 Å². The summed E-state index contributed by atoms with van der Waals surface area (Å²) in [5, 5.41) is 22.0. The minimum absolute atomic E-state index is 0.00863. The van der Waals surface area contributed by atoms with E-state index in [2.05, 4.69) is 15.3 Å². The molecule has 0 aliphatic rings. The van der Waals surface area contributed by atoms with Gasteiger partial charge < -0.3 is 25.3 Å². The van der Waals surface area contributed by atoms with Crippen LogP contribution in [0.25, 0.3) is 0 Å². The molecule has 10 heteroatoms. The van der Waals surface area contributed by atoms with Crippen LogP contribution in [0.1, 0.15) is 5.56 Å². The van der Waals surface area contributed by atoms with E-state index in [-0.39, 0.29) is 11.4 Å². The summed E-state index contributed by atoms with van der Waals surface area (Å²) in [4.78, 5) is 11.8. The van der Waals surface area contributed by atoms with E-state index < -0.39 is 25.1 Å². The Morgan fingerprint density at radius 1 is 1.00 bits per heavy atom. The van der Waals surface area contributed by atoms with Crippen LogP contribution >= 0.6 is 0 Å². The van der Waals surface area contributed by atoms with Crippen LogP contribution in [0.2, 0.25) is 0 Å². The lowest BCUT2D eigenvalue weighted by molar-refractivity contribution is -0.137. The van der Waals surface area contributed by atoms with E-state index >= 15 is 0 Å². The van der Waals surface area contributed by atoms with Gasteiger partial charge in [0.2, 0.25) is 0 Å². The molecule has 2 amide bonds. The van der Waals surface area contributed by atoms with Gasteiger partial charge in [0.15, 0.2) is 0 Å². The van der Waals surface area contributed by atoms with Gasteiger partial charge in [-0.3, -0.25) is 0 Å². The van der Waals surface area contributed by atoms with E-state index in [0.717, 1.165) is 12.1 Å². The first-order valence-corrected chi connectivity index (χ1v) is 6.62. The van der Waals surface area contributed by atoms with Crippen molar-refractivity contribution in [1.29, 1.82) is 0 Å². The van der Waals surface area contributed by atoms with Crippen LogP contribution in [0.5, 0.6) is 5.75 Å². The third kappa shape index (κ3) is 5.18. The molecule has 0 atom stereocenters. The van der Waals surface area contributed by atoms with E-state index in [1.807, 2.05) is 0 Å². The maximum Gasteiger partial charge on any atom is 0.707 e. The van der Waals surface area contributed by atoms with E-state index in [1.54, 1.807) is 0 Å². The molecule has 0 heterocycles. The Labute approximate surface area is 135 Å². The highest BCUT2D eigenvalue weighted by atomic mass is 19.4. The lowest BCUT2D eigenvalue weighted by Gasteiger charge is -2.11. The molecule has 0 radical (unpaired) electrons. The Kier molecular flexibility index (Phi) is 5.32. The Morgan fingerprint density at radius 3 is 2.21 bits per heavy atom. The first kappa shape index (κ1) is 17.6. The molecule has 0 aromatic heterocycles. The van der Waals surface area contributed by atoms with Gasteiger partial charge in [-0.05, 0) is 42.5 Å². The van der Waals surface area contributed by atoms with Crippen molar-refractivity contribution >= 4 is 24.7 Å². The molecule has 0 saturated carbocycles. The van der Waals surface area contributed by atoms with Crippen molar-refractivity contribution in [2.24, 2.45) is 0 Å². The molecule has 2 aromatic rings. The van der Waals surface area contributed by atoms with Gasteiger partial charge in [-0.1, -0.05) is 6.07 Å². The van der Waals surface area contributed by atoms with Crippen molar-refractivity contribution in [3.63, 3.8) is 0 Å². The molecule has 0 saturated heterocycles. The quantitative estimate of drug-likeness (QED) is 0.644. The predicted molar refractivity (Wildman–Crippen MR) is 81.3 cm³/mol. The van der Waals surface area contributed by atoms with Crippen LogP contribution in [-0.4, -0.2) is 23.4 Å². The highest BCUT2D eigenvalue weighted by molar-refractivity contribution is 6.33. The fourth-order valence-corrected chi connectivity index (χ4v) is 1.81. The monoisotopic (exact) mass is 340 g/mol. The zero-order valence-corrected chi connectivity index (χ0v) is 12.0. The Hall–Kier alpha value is -2.72. The average molecular weight is 340 g/mol. The summed E-state index contributed by atoms with van der Waals surface area (Å²) in [6.45, 7) is 0. The van der Waals surface area contributed by atoms with Gasteiger partial charge >= 0.3 is 19.5 Å². The normalized spacial score (nSPS) is 10.9. The van der Waals surface area contributed by atoms with Gasteiger partial charge in [0.1, 0.15) is 5.75 Å². The Bertz CT molecular complexity index is 708. The number of carbonyl (C=O) groups excluding carboxylic acids is 1. The second-order valence-corrected chi connectivity index (χ2v) is 4.63. The summed E-state index contributed by atoms with van der Waals surface area (Å²) in [7, 11) is -1.96.